The third-order valence-electron chi connectivity index (χ3n) is 7.11. The first-order valence-electron chi connectivity index (χ1n) is 12.4. The summed E-state index contributed by atoms with van der Waals surface area (Å²) in [6.45, 7) is 12.2. The Balaban J connectivity index is 1.42. The third kappa shape index (κ3) is 5.52. The SMILES string of the molecule is CC(C)(C)[Si](C)(C)OC1CSSC1Cn1nc(-c2ccc(Oc3ccccc3)cc2)c2c(N)ncnc21. The van der Waals surface area contributed by atoms with Crippen LogP contribution in [0.4, 0.5) is 5.82 Å². The van der Waals surface area contributed by atoms with E-state index >= 15 is 0 Å². The van der Waals surface area contributed by atoms with E-state index in [1.807, 2.05) is 80.9 Å². The van der Waals surface area contributed by atoms with E-state index in [1.165, 1.54) is 6.33 Å². The van der Waals surface area contributed by atoms with Gasteiger partial charge >= 0.3 is 0 Å². The van der Waals surface area contributed by atoms with Gasteiger partial charge in [-0.1, -0.05) is 60.6 Å². The highest BCUT2D eigenvalue weighted by Gasteiger charge is 2.42. The minimum absolute atomic E-state index is 0.166. The molecule has 10 heteroatoms. The third-order valence-corrected chi connectivity index (χ3v) is 14.5. The van der Waals surface area contributed by atoms with Gasteiger partial charge in [0.05, 0.1) is 23.3 Å². The van der Waals surface area contributed by atoms with E-state index in [0.29, 0.717) is 12.4 Å². The van der Waals surface area contributed by atoms with Crippen molar-refractivity contribution in [1.29, 1.82) is 0 Å². The van der Waals surface area contributed by atoms with Crippen LogP contribution in [0.5, 0.6) is 11.5 Å². The molecule has 7 nitrogen and oxygen atoms in total. The molecule has 0 spiro atoms. The van der Waals surface area contributed by atoms with Crippen LogP contribution in [0.1, 0.15) is 20.8 Å². The summed E-state index contributed by atoms with van der Waals surface area (Å²) in [5.41, 5.74) is 8.81. The molecule has 0 aliphatic carbocycles. The van der Waals surface area contributed by atoms with Crippen LogP contribution in [0.25, 0.3) is 22.3 Å². The lowest BCUT2D eigenvalue weighted by molar-refractivity contribution is 0.195. The Hall–Kier alpha value is -2.53. The molecule has 2 aromatic carbocycles. The topological polar surface area (TPSA) is 88.1 Å². The number of benzene rings is 2. The van der Waals surface area contributed by atoms with Gasteiger partial charge in [-0.05, 0) is 54.5 Å². The Bertz CT molecular complexity index is 1370. The normalized spacial score (nSPS) is 18.4. The molecule has 0 saturated carbocycles. The highest BCUT2D eigenvalue weighted by atomic mass is 33.1. The Morgan fingerprint density at radius 1 is 1.03 bits per heavy atom. The van der Waals surface area contributed by atoms with Crippen molar-refractivity contribution in [1.82, 2.24) is 19.7 Å². The number of nitrogens with zero attached hydrogens (tertiary/aromatic N) is 4. The number of aromatic nitrogens is 4. The summed E-state index contributed by atoms with van der Waals surface area (Å²) in [6, 6.07) is 17.6. The van der Waals surface area contributed by atoms with E-state index < -0.39 is 8.32 Å². The molecule has 3 heterocycles. The fraction of sp³-hybridized carbons (Fsp3) is 0.370. The van der Waals surface area contributed by atoms with Gasteiger partial charge in [0.25, 0.3) is 0 Å². The lowest BCUT2D eigenvalue weighted by Gasteiger charge is -2.39. The van der Waals surface area contributed by atoms with Crippen LogP contribution in [0.2, 0.25) is 18.1 Å². The number of rotatable bonds is 7. The van der Waals surface area contributed by atoms with Crippen LogP contribution in [0, 0.1) is 0 Å². The van der Waals surface area contributed by atoms with Crippen molar-refractivity contribution in [3.05, 3.63) is 60.9 Å². The number of para-hydroxylation sites is 1. The van der Waals surface area contributed by atoms with Crippen LogP contribution in [0.3, 0.4) is 0 Å². The zero-order valence-corrected chi connectivity index (χ0v) is 24.5. The summed E-state index contributed by atoms with van der Waals surface area (Å²) in [7, 11) is 1.87. The average molecular weight is 552 g/mol. The molecule has 1 fully saturated rings. The van der Waals surface area contributed by atoms with Crippen LogP contribution in [0.15, 0.2) is 60.9 Å². The van der Waals surface area contributed by atoms with Gasteiger partial charge in [-0.15, -0.1) is 0 Å². The summed E-state index contributed by atoms with van der Waals surface area (Å²) in [6.07, 6.45) is 1.68. The van der Waals surface area contributed by atoms with Crippen LogP contribution in [-0.4, -0.2) is 45.2 Å². The molecule has 2 N–H and O–H groups in total. The van der Waals surface area contributed by atoms with Crippen molar-refractivity contribution in [3.63, 3.8) is 0 Å². The molecular formula is C27H33N5O2S2Si. The molecular weight excluding hydrogens is 519 g/mol. The predicted molar refractivity (Wildman–Crippen MR) is 158 cm³/mol. The molecule has 37 heavy (non-hydrogen) atoms. The zero-order valence-electron chi connectivity index (χ0n) is 21.8. The summed E-state index contributed by atoms with van der Waals surface area (Å²) in [4.78, 5) is 8.84. The molecule has 194 valence electrons. The van der Waals surface area contributed by atoms with E-state index in [2.05, 4.69) is 43.8 Å². The van der Waals surface area contributed by atoms with E-state index in [1.54, 1.807) is 0 Å². The van der Waals surface area contributed by atoms with Gasteiger partial charge < -0.3 is 14.9 Å². The van der Waals surface area contributed by atoms with Crippen molar-refractivity contribution in [2.45, 2.75) is 56.8 Å². The molecule has 2 unspecified atom stereocenters. The first-order chi connectivity index (χ1) is 17.6. The monoisotopic (exact) mass is 551 g/mol. The average Bonchev–Trinajstić information content (AvgIpc) is 3.45. The van der Waals surface area contributed by atoms with Crippen molar-refractivity contribution >= 4 is 46.8 Å². The van der Waals surface area contributed by atoms with E-state index in [4.69, 9.17) is 20.0 Å². The molecule has 0 radical (unpaired) electrons. The van der Waals surface area contributed by atoms with Crippen molar-refractivity contribution in [2.24, 2.45) is 0 Å². The highest BCUT2D eigenvalue weighted by Crippen LogP contribution is 2.45. The second-order valence-electron chi connectivity index (χ2n) is 10.8. The van der Waals surface area contributed by atoms with Gasteiger partial charge in [-0.2, -0.15) is 5.10 Å². The summed E-state index contributed by atoms with van der Waals surface area (Å²) < 4.78 is 14.8. The summed E-state index contributed by atoms with van der Waals surface area (Å²) >= 11 is 0. The number of nitrogen functional groups attached to an aromatic ring is 1. The maximum absolute atomic E-state index is 6.82. The van der Waals surface area contributed by atoms with Gasteiger partial charge in [0, 0.05) is 11.3 Å². The van der Waals surface area contributed by atoms with Crippen molar-refractivity contribution in [3.8, 4) is 22.8 Å². The first kappa shape index (κ1) is 26.1. The lowest BCUT2D eigenvalue weighted by atomic mass is 10.1. The standard InChI is InChI=1S/C27H33N5O2S2Si/c1-27(2,3)37(4,5)34-21-16-35-36-22(21)15-32-26-23(25(28)29-17-30-26)24(31-32)18-11-13-20(14-12-18)33-19-9-7-6-8-10-19/h6-14,17,21-22H,15-16H2,1-5H3,(H2,28,29,30). The molecule has 4 aromatic rings. The van der Waals surface area contributed by atoms with Gasteiger partial charge in [0.15, 0.2) is 14.0 Å². The van der Waals surface area contributed by atoms with Crippen LogP contribution < -0.4 is 10.5 Å². The summed E-state index contributed by atoms with van der Waals surface area (Å²) in [5.74, 6) is 2.96. The van der Waals surface area contributed by atoms with E-state index in [9.17, 15) is 0 Å². The molecule has 0 bridgehead atoms. The number of fused-ring (bicyclic) bond motifs is 1. The lowest BCUT2D eigenvalue weighted by Crippen LogP contribution is -2.46. The Kier molecular flexibility index (Phi) is 7.28. The minimum atomic E-state index is -1.89. The second-order valence-corrected chi connectivity index (χ2v) is 18.2. The van der Waals surface area contributed by atoms with Gasteiger partial charge in [0.1, 0.15) is 29.3 Å². The second kappa shape index (κ2) is 10.3. The van der Waals surface area contributed by atoms with Gasteiger partial charge in [-0.25, -0.2) is 14.6 Å². The van der Waals surface area contributed by atoms with E-state index in [0.717, 1.165) is 39.5 Å². The Labute approximate surface area is 227 Å². The largest absolute Gasteiger partial charge is 0.457 e. The molecule has 1 saturated heterocycles. The summed E-state index contributed by atoms with van der Waals surface area (Å²) in [5, 5.41) is 6.22. The molecule has 0 amide bonds. The molecule has 1 aliphatic heterocycles. The molecule has 1 aliphatic rings. The molecule has 2 atom stereocenters. The maximum atomic E-state index is 6.82. The number of hydrogen-bond acceptors (Lipinski definition) is 8. The fourth-order valence-electron chi connectivity index (χ4n) is 4.01. The highest BCUT2D eigenvalue weighted by molar-refractivity contribution is 8.77. The molecule has 5 rings (SSSR count). The Morgan fingerprint density at radius 3 is 2.43 bits per heavy atom. The zero-order chi connectivity index (χ0) is 26.2. The number of anilines is 1. The van der Waals surface area contributed by atoms with Crippen molar-refractivity contribution < 1.29 is 9.16 Å². The molecule has 2 aromatic heterocycles. The maximum Gasteiger partial charge on any atom is 0.192 e. The van der Waals surface area contributed by atoms with Crippen LogP contribution in [-0.2, 0) is 11.0 Å². The minimum Gasteiger partial charge on any atom is -0.457 e. The van der Waals surface area contributed by atoms with Crippen LogP contribution >= 0.6 is 21.6 Å². The number of nitrogens with two attached hydrogens (primary N) is 1. The predicted octanol–water partition coefficient (Wildman–Crippen LogP) is 7.02. The number of hydrogen-bond donors (Lipinski definition) is 1. The van der Waals surface area contributed by atoms with E-state index in [-0.39, 0.29) is 16.4 Å². The fourth-order valence-corrected chi connectivity index (χ4v) is 8.59. The van der Waals surface area contributed by atoms with Crippen molar-refractivity contribution in [2.75, 3.05) is 11.5 Å². The smallest absolute Gasteiger partial charge is 0.192 e. The first-order valence-corrected chi connectivity index (χ1v) is 17.7. The quantitative estimate of drug-likeness (QED) is 0.194. The Morgan fingerprint density at radius 2 is 1.73 bits per heavy atom. The van der Waals surface area contributed by atoms with Gasteiger partial charge in [0.2, 0.25) is 0 Å². The number of ether oxygens (including phenoxy) is 1. The van der Waals surface area contributed by atoms with Gasteiger partial charge in [-0.3, -0.25) is 0 Å².